The number of amides is 1. The van der Waals surface area contributed by atoms with Crippen LogP contribution < -0.4 is 5.32 Å². The first-order valence-electron chi connectivity index (χ1n) is 9.05. The van der Waals surface area contributed by atoms with E-state index in [9.17, 15) is 4.79 Å². The predicted molar refractivity (Wildman–Crippen MR) is 88.4 cm³/mol. The highest BCUT2D eigenvalue weighted by Crippen LogP contribution is 2.29. The van der Waals surface area contributed by atoms with Crippen molar-refractivity contribution in [3.05, 3.63) is 0 Å². The molecule has 3 rings (SSSR count). The van der Waals surface area contributed by atoms with E-state index in [4.69, 9.17) is 9.47 Å². The molecule has 0 aliphatic carbocycles. The molecule has 3 atom stereocenters. The van der Waals surface area contributed by atoms with Gasteiger partial charge in [0.1, 0.15) is 0 Å². The van der Waals surface area contributed by atoms with Gasteiger partial charge in [0.15, 0.2) is 0 Å². The van der Waals surface area contributed by atoms with E-state index in [0.29, 0.717) is 6.42 Å². The number of ether oxygens (including phenoxy) is 2. The van der Waals surface area contributed by atoms with Crippen molar-refractivity contribution in [1.82, 2.24) is 15.1 Å². The molecule has 0 aromatic heterocycles. The molecular weight excluding hydrogens is 294 g/mol. The zero-order valence-electron chi connectivity index (χ0n) is 14.6. The summed E-state index contributed by atoms with van der Waals surface area (Å²) in [7, 11) is 0. The van der Waals surface area contributed by atoms with Crippen LogP contribution in [0.4, 0.5) is 0 Å². The quantitative estimate of drug-likeness (QED) is 0.769. The molecule has 3 aliphatic heterocycles. The highest BCUT2D eigenvalue weighted by Gasteiger charge is 2.38. The zero-order valence-corrected chi connectivity index (χ0v) is 14.6. The third-order valence-corrected chi connectivity index (χ3v) is 5.66. The highest BCUT2D eigenvalue weighted by atomic mass is 16.5. The Hall–Kier alpha value is -0.690. The lowest BCUT2D eigenvalue weighted by atomic mass is 9.93. The van der Waals surface area contributed by atoms with Crippen molar-refractivity contribution in [3.63, 3.8) is 0 Å². The molecule has 23 heavy (non-hydrogen) atoms. The topological polar surface area (TPSA) is 54.0 Å². The summed E-state index contributed by atoms with van der Waals surface area (Å²) in [5.74, 6) is 0.278. The van der Waals surface area contributed by atoms with Gasteiger partial charge in [-0.2, -0.15) is 0 Å². The van der Waals surface area contributed by atoms with Crippen molar-refractivity contribution >= 4 is 5.91 Å². The summed E-state index contributed by atoms with van der Waals surface area (Å²) < 4.78 is 11.3. The van der Waals surface area contributed by atoms with Crippen molar-refractivity contribution in [3.8, 4) is 0 Å². The monoisotopic (exact) mass is 325 g/mol. The van der Waals surface area contributed by atoms with Gasteiger partial charge in [-0.25, -0.2) is 0 Å². The van der Waals surface area contributed by atoms with Crippen molar-refractivity contribution in [2.24, 2.45) is 0 Å². The summed E-state index contributed by atoms with van der Waals surface area (Å²) in [6.45, 7) is 11.4. The number of hydrogen-bond acceptors (Lipinski definition) is 5. The fourth-order valence-corrected chi connectivity index (χ4v) is 3.86. The first kappa shape index (κ1) is 17.1. The predicted octanol–water partition coefficient (Wildman–Crippen LogP) is 0.467. The number of carbonyl (C=O) groups is 1. The van der Waals surface area contributed by atoms with Gasteiger partial charge < -0.3 is 19.7 Å². The zero-order chi connectivity index (χ0) is 16.3. The lowest BCUT2D eigenvalue weighted by molar-refractivity contribution is -0.128. The van der Waals surface area contributed by atoms with Gasteiger partial charge in [0.2, 0.25) is 5.91 Å². The van der Waals surface area contributed by atoms with Crippen LogP contribution in [0.3, 0.4) is 0 Å². The Bertz CT molecular complexity index is 406. The molecule has 132 valence electrons. The molecule has 0 radical (unpaired) electrons. The van der Waals surface area contributed by atoms with Gasteiger partial charge in [-0.1, -0.05) is 0 Å². The summed E-state index contributed by atoms with van der Waals surface area (Å²) >= 11 is 0. The number of morpholine rings is 1. The van der Waals surface area contributed by atoms with Crippen LogP contribution >= 0.6 is 0 Å². The standard InChI is InChI=1S/C17H31N3O3/c1-14(17(2)4-3-9-23-17)18-15-12-16(21)20(13-15)6-5-19-7-10-22-11-8-19/h14-15,18H,3-13H2,1-2H3. The SMILES string of the molecule is CC(NC1CC(=O)N(CCN2CCOCC2)C1)C1(C)CCCO1. The number of nitrogens with zero attached hydrogens (tertiary/aromatic N) is 2. The van der Waals surface area contributed by atoms with Gasteiger partial charge in [0.25, 0.3) is 0 Å². The van der Waals surface area contributed by atoms with Gasteiger partial charge in [-0.05, 0) is 26.7 Å². The summed E-state index contributed by atoms with van der Waals surface area (Å²) in [5, 5.41) is 3.64. The largest absolute Gasteiger partial charge is 0.379 e. The second-order valence-corrected chi connectivity index (χ2v) is 7.35. The number of rotatable bonds is 6. The van der Waals surface area contributed by atoms with Crippen molar-refractivity contribution < 1.29 is 14.3 Å². The number of carbonyl (C=O) groups excluding carboxylic acids is 1. The van der Waals surface area contributed by atoms with Gasteiger partial charge in [-0.15, -0.1) is 0 Å². The van der Waals surface area contributed by atoms with E-state index >= 15 is 0 Å². The molecular formula is C17H31N3O3. The van der Waals surface area contributed by atoms with Crippen molar-refractivity contribution in [1.29, 1.82) is 0 Å². The molecule has 0 spiro atoms. The average molecular weight is 325 g/mol. The summed E-state index contributed by atoms with van der Waals surface area (Å²) in [4.78, 5) is 16.6. The Labute approximate surface area is 139 Å². The first-order chi connectivity index (χ1) is 11.1. The van der Waals surface area contributed by atoms with E-state index in [1.165, 1.54) is 0 Å². The van der Waals surface area contributed by atoms with Crippen LogP contribution in [0.25, 0.3) is 0 Å². The molecule has 0 saturated carbocycles. The molecule has 1 amide bonds. The van der Waals surface area contributed by atoms with E-state index in [0.717, 1.165) is 65.4 Å². The molecule has 3 heterocycles. The van der Waals surface area contributed by atoms with Gasteiger partial charge in [0.05, 0.1) is 18.8 Å². The maximum absolute atomic E-state index is 12.3. The Morgan fingerprint density at radius 2 is 2.09 bits per heavy atom. The maximum atomic E-state index is 12.3. The van der Waals surface area contributed by atoms with Crippen LogP contribution in [-0.4, -0.2) is 85.9 Å². The van der Waals surface area contributed by atoms with Crippen molar-refractivity contribution in [2.45, 2.75) is 50.8 Å². The summed E-state index contributed by atoms with van der Waals surface area (Å²) in [6.07, 6.45) is 2.85. The van der Waals surface area contributed by atoms with Crippen LogP contribution in [0.2, 0.25) is 0 Å². The Morgan fingerprint density at radius 3 is 2.78 bits per heavy atom. The third-order valence-electron chi connectivity index (χ3n) is 5.66. The summed E-state index contributed by atoms with van der Waals surface area (Å²) in [6, 6.07) is 0.533. The number of likely N-dealkylation sites (tertiary alicyclic amines) is 1. The molecule has 0 aromatic rings. The molecule has 1 N–H and O–H groups in total. The Kier molecular flexibility index (Phi) is 5.57. The molecule has 3 aliphatic rings. The Morgan fingerprint density at radius 1 is 1.30 bits per heavy atom. The molecule has 0 aromatic carbocycles. The summed E-state index contributed by atoms with van der Waals surface area (Å²) in [5.41, 5.74) is -0.0791. The smallest absolute Gasteiger partial charge is 0.224 e. The average Bonchev–Trinajstić information content (AvgIpc) is 3.13. The van der Waals surface area contributed by atoms with Crippen LogP contribution in [0.1, 0.15) is 33.1 Å². The lowest BCUT2D eigenvalue weighted by Crippen LogP contribution is -2.51. The van der Waals surface area contributed by atoms with E-state index < -0.39 is 0 Å². The van der Waals surface area contributed by atoms with Crippen molar-refractivity contribution in [2.75, 3.05) is 52.5 Å². The normalized spacial score (nSPS) is 34.3. The van der Waals surface area contributed by atoms with Crippen LogP contribution in [0.5, 0.6) is 0 Å². The molecule has 0 bridgehead atoms. The van der Waals surface area contributed by atoms with Crippen LogP contribution in [-0.2, 0) is 14.3 Å². The minimum atomic E-state index is -0.0791. The van der Waals surface area contributed by atoms with Gasteiger partial charge in [0, 0.05) is 57.8 Å². The number of hydrogen-bond donors (Lipinski definition) is 1. The minimum Gasteiger partial charge on any atom is -0.379 e. The molecule has 6 heteroatoms. The number of nitrogens with one attached hydrogen (secondary N) is 1. The van der Waals surface area contributed by atoms with Crippen LogP contribution in [0, 0.1) is 0 Å². The fourth-order valence-electron chi connectivity index (χ4n) is 3.86. The van der Waals surface area contributed by atoms with E-state index in [-0.39, 0.29) is 23.6 Å². The van der Waals surface area contributed by atoms with Crippen LogP contribution in [0.15, 0.2) is 0 Å². The fraction of sp³-hybridized carbons (Fsp3) is 0.941. The second-order valence-electron chi connectivity index (χ2n) is 7.35. The Balaban J connectivity index is 1.43. The molecule has 3 saturated heterocycles. The highest BCUT2D eigenvalue weighted by molar-refractivity contribution is 5.79. The van der Waals surface area contributed by atoms with E-state index in [1.807, 2.05) is 4.90 Å². The van der Waals surface area contributed by atoms with E-state index in [1.54, 1.807) is 0 Å². The van der Waals surface area contributed by atoms with E-state index in [2.05, 4.69) is 24.1 Å². The lowest BCUT2D eigenvalue weighted by Gasteiger charge is -2.33. The molecule has 3 fully saturated rings. The first-order valence-corrected chi connectivity index (χ1v) is 9.05. The third kappa shape index (κ3) is 4.24. The molecule has 3 unspecified atom stereocenters. The van der Waals surface area contributed by atoms with Gasteiger partial charge in [-0.3, -0.25) is 9.69 Å². The van der Waals surface area contributed by atoms with Gasteiger partial charge >= 0.3 is 0 Å². The second kappa shape index (κ2) is 7.47. The molecule has 6 nitrogen and oxygen atoms in total. The minimum absolute atomic E-state index is 0.0791. The maximum Gasteiger partial charge on any atom is 0.224 e.